The molecule has 5 heteroatoms. The molecule has 4 rings (SSSR count). The van der Waals surface area contributed by atoms with Gasteiger partial charge in [0.2, 0.25) is 0 Å². The van der Waals surface area contributed by atoms with Crippen molar-refractivity contribution in [3.8, 4) is 17.2 Å². The van der Waals surface area contributed by atoms with Crippen LogP contribution in [0.25, 0.3) is 21.9 Å². The molecule has 0 amide bonds. The van der Waals surface area contributed by atoms with Crippen molar-refractivity contribution in [1.29, 1.82) is 5.26 Å². The lowest BCUT2D eigenvalue weighted by Gasteiger charge is -2.11. The van der Waals surface area contributed by atoms with Crippen LogP contribution in [-0.4, -0.2) is 13.7 Å². The van der Waals surface area contributed by atoms with E-state index in [1.807, 2.05) is 12.1 Å². The van der Waals surface area contributed by atoms with E-state index in [0.29, 0.717) is 65.3 Å². The summed E-state index contributed by atoms with van der Waals surface area (Å²) >= 11 is 0. The zero-order valence-corrected chi connectivity index (χ0v) is 18.9. The summed E-state index contributed by atoms with van der Waals surface area (Å²) in [6.45, 7) is 0.524. The SMILES string of the molecule is COCCCc1cc(F)c(-c2ccc3c(F)c(CCc4ccc(C#N)cc4)ccc3c2)c(F)c1. The summed E-state index contributed by atoms with van der Waals surface area (Å²) in [4.78, 5) is 0. The zero-order valence-electron chi connectivity index (χ0n) is 18.9. The lowest BCUT2D eigenvalue weighted by molar-refractivity contribution is 0.195. The van der Waals surface area contributed by atoms with Crippen molar-refractivity contribution in [1.82, 2.24) is 0 Å². The number of benzene rings is 4. The van der Waals surface area contributed by atoms with E-state index in [4.69, 9.17) is 10.00 Å². The third-order valence-corrected chi connectivity index (χ3v) is 6.00. The Balaban J connectivity index is 1.57. The van der Waals surface area contributed by atoms with Gasteiger partial charge >= 0.3 is 0 Å². The molecule has 0 saturated carbocycles. The normalized spacial score (nSPS) is 11.0. The van der Waals surface area contributed by atoms with E-state index in [2.05, 4.69) is 6.07 Å². The van der Waals surface area contributed by atoms with E-state index in [0.717, 1.165) is 5.56 Å². The Bertz CT molecular complexity index is 1330. The van der Waals surface area contributed by atoms with E-state index in [-0.39, 0.29) is 11.4 Å². The number of nitrogens with zero attached hydrogens (tertiary/aromatic N) is 1. The highest BCUT2D eigenvalue weighted by Crippen LogP contribution is 2.32. The number of halogens is 3. The Morgan fingerprint density at radius 3 is 2.21 bits per heavy atom. The maximum absolute atomic E-state index is 15.2. The molecule has 0 saturated heterocycles. The van der Waals surface area contributed by atoms with Gasteiger partial charge in [0.1, 0.15) is 17.5 Å². The van der Waals surface area contributed by atoms with E-state index >= 15 is 4.39 Å². The molecule has 0 N–H and O–H groups in total. The molecule has 0 aliphatic heterocycles. The molecule has 0 aromatic heterocycles. The summed E-state index contributed by atoms with van der Waals surface area (Å²) in [5.74, 6) is -1.59. The highest BCUT2D eigenvalue weighted by molar-refractivity contribution is 5.88. The Morgan fingerprint density at radius 1 is 0.794 bits per heavy atom. The van der Waals surface area contributed by atoms with Crippen molar-refractivity contribution >= 4 is 10.8 Å². The number of hydrogen-bond donors (Lipinski definition) is 0. The summed E-state index contributed by atoms with van der Waals surface area (Å²) in [5.41, 5.74) is 3.02. The highest BCUT2D eigenvalue weighted by Gasteiger charge is 2.15. The quantitative estimate of drug-likeness (QED) is 0.262. The van der Waals surface area contributed by atoms with Crippen molar-refractivity contribution in [2.45, 2.75) is 25.7 Å². The van der Waals surface area contributed by atoms with E-state index in [1.54, 1.807) is 49.6 Å². The fourth-order valence-electron chi connectivity index (χ4n) is 4.18. The maximum Gasteiger partial charge on any atom is 0.134 e. The second-order valence-electron chi connectivity index (χ2n) is 8.31. The topological polar surface area (TPSA) is 33.0 Å². The van der Waals surface area contributed by atoms with Crippen LogP contribution in [0, 0.1) is 28.8 Å². The van der Waals surface area contributed by atoms with Crippen LogP contribution in [0.5, 0.6) is 0 Å². The van der Waals surface area contributed by atoms with Gasteiger partial charge in [0.25, 0.3) is 0 Å². The molecule has 2 nitrogen and oxygen atoms in total. The van der Waals surface area contributed by atoms with Gasteiger partial charge in [-0.2, -0.15) is 5.26 Å². The predicted molar refractivity (Wildman–Crippen MR) is 128 cm³/mol. The fourth-order valence-corrected chi connectivity index (χ4v) is 4.18. The molecule has 34 heavy (non-hydrogen) atoms. The Morgan fingerprint density at radius 2 is 1.53 bits per heavy atom. The van der Waals surface area contributed by atoms with Crippen molar-refractivity contribution in [2.24, 2.45) is 0 Å². The molecule has 0 aliphatic rings. The molecule has 0 aliphatic carbocycles. The first-order chi connectivity index (χ1) is 16.5. The van der Waals surface area contributed by atoms with Gasteiger partial charge in [-0.05, 0) is 83.7 Å². The van der Waals surface area contributed by atoms with Crippen LogP contribution < -0.4 is 0 Å². The summed E-state index contributed by atoms with van der Waals surface area (Å²) < 4.78 is 49.8. The minimum absolute atomic E-state index is 0.109. The van der Waals surface area contributed by atoms with Crippen LogP contribution in [0.1, 0.15) is 28.7 Å². The standard InChI is InChI=1S/C29H24F3NO/c1-34-14-2-3-21-15-26(30)28(27(31)16-21)24-12-13-25-23(17-24)11-10-22(29(25)32)9-8-19-4-6-20(18-33)7-5-19/h4-7,10-13,15-17H,2-3,8-9,14H2,1H3. The van der Waals surface area contributed by atoms with Crippen molar-refractivity contribution < 1.29 is 17.9 Å². The largest absolute Gasteiger partial charge is 0.385 e. The average molecular weight is 460 g/mol. The molecule has 172 valence electrons. The van der Waals surface area contributed by atoms with Crippen LogP contribution in [0.15, 0.2) is 66.7 Å². The van der Waals surface area contributed by atoms with Crippen LogP contribution in [0.2, 0.25) is 0 Å². The molecule has 0 spiro atoms. The van der Waals surface area contributed by atoms with Gasteiger partial charge in [-0.3, -0.25) is 0 Å². The third kappa shape index (κ3) is 5.13. The second kappa shape index (κ2) is 10.5. The van der Waals surface area contributed by atoms with Crippen LogP contribution in [-0.2, 0) is 24.0 Å². The first-order valence-electron chi connectivity index (χ1n) is 11.2. The van der Waals surface area contributed by atoms with Gasteiger partial charge < -0.3 is 4.74 Å². The van der Waals surface area contributed by atoms with E-state index in [9.17, 15) is 8.78 Å². The van der Waals surface area contributed by atoms with Gasteiger partial charge in [-0.15, -0.1) is 0 Å². The highest BCUT2D eigenvalue weighted by atomic mass is 19.1. The molecule has 0 atom stereocenters. The number of hydrogen-bond acceptors (Lipinski definition) is 2. The molecule has 0 radical (unpaired) electrons. The summed E-state index contributed by atoms with van der Waals surface area (Å²) in [6, 6.07) is 20.3. The van der Waals surface area contributed by atoms with Crippen molar-refractivity contribution in [3.63, 3.8) is 0 Å². The molecule has 4 aromatic carbocycles. The summed E-state index contributed by atoms with van der Waals surface area (Å²) in [7, 11) is 1.59. The average Bonchev–Trinajstić information content (AvgIpc) is 2.84. The fraction of sp³-hybridized carbons (Fsp3) is 0.207. The van der Waals surface area contributed by atoms with Crippen molar-refractivity contribution in [2.75, 3.05) is 13.7 Å². The zero-order chi connectivity index (χ0) is 24.1. The molecule has 0 unspecified atom stereocenters. The number of aryl methyl sites for hydroxylation is 3. The minimum Gasteiger partial charge on any atom is -0.385 e. The van der Waals surface area contributed by atoms with Gasteiger partial charge in [0, 0.05) is 19.1 Å². The van der Waals surface area contributed by atoms with Gasteiger partial charge in [0.15, 0.2) is 0 Å². The molecular formula is C29H24F3NO. The predicted octanol–water partition coefficient (Wildman–Crippen LogP) is 7.16. The Hall–Kier alpha value is -3.62. The Kier molecular flexibility index (Phi) is 7.30. The minimum atomic E-state index is -0.633. The van der Waals surface area contributed by atoms with Crippen LogP contribution in [0.3, 0.4) is 0 Å². The Labute approximate surface area is 197 Å². The van der Waals surface area contributed by atoms with Gasteiger partial charge in [0.05, 0.1) is 17.2 Å². The molecule has 0 bridgehead atoms. The number of ether oxygens (including phenoxy) is 1. The summed E-state index contributed by atoms with van der Waals surface area (Å²) in [5, 5.41) is 9.90. The lowest BCUT2D eigenvalue weighted by atomic mass is 9.95. The third-order valence-electron chi connectivity index (χ3n) is 6.00. The summed E-state index contributed by atoms with van der Waals surface area (Å²) in [6.07, 6.45) is 2.34. The lowest BCUT2D eigenvalue weighted by Crippen LogP contribution is -1.98. The second-order valence-corrected chi connectivity index (χ2v) is 8.31. The maximum atomic E-state index is 15.2. The number of rotatable bonds is 8. The van der Waals surface area contributed by atoms with Gasteiger partial charge in [-0.1, -0.05) is 36.4 Å². The molecule has 0 fully saturated rings. The monoisotopic (exact) mass is 459 g/mol. The number of fused-ring (bicyclic) bond motifs is 1. The van der Waals surface area contributed by atoms with Crippen LogP contribution in [0.4, 0.5) is 13.2 Å². The first-order valence-corrected chi connectivity index (χ1v) is 11.2. The van der Waals surface area contributed by atoms with Crippen LogP contribution >= 0.6 is 0 Å². The van der Waals surface area contributed by atoms with Crippen molar-refractivity contribution in [3.05, 3.63) is 106 Å². The molecule has 4 aromatic rings. The first kappa shape index (κ1) is 23.5. The van der Waals surface area contributed by atoms with E-state index in [1.165, 1.54) is 12.1 Å². The molecule has 0 heterocycles. The van der Waals surface area contributed by atoms with E-state index < -0.39 is 11.6 Å². The number of nitriles is 1. The smallest absolute Gasteiger partial charge is 0.134 e. The number of methoxy groups -OCH3 is 1. The van der Waals surface area contributed by atoms with Gasteiger partial charge in [-0.25, -0.2) is 13.2 Å². The molecular weight excluding hydrogens is 435 g/mol.